The molecule has 1 aliphatic heterocycles. The fraction of sp³-hybridized carbons (Fsp3) is 0.438. The first kappa shape index (κ1) is 13.6. The molecule has 20 heavy (non-hydrogen) atoms. The SMILES string of the molecule is CCCC1(CC(=O)O)SCCc2c1[nH]c1ccccc21. The molecule has 0 aliphatic carbocycles. The van der Waals surface area contributed by atoms with E-state index in [4.69, 9.17) is 0 Å². The maximum Gasteiger partial charge on any atom is 0.305 e. The van der Waals surface area contributed by atoms with Crippen LogP contribution in [0.3, 0.4) is 0 Å². The summed E-state index contributed by atoms with van der Waals surface area (Å²) >= 11 is 1.81. The summed E-state index contributed by atoms with van der Waals surface area (Å²) in [4.78, 5) is 14.9. The van der Waals surface area contributed by atoms with Gasteiger partial charge in [-0.3, -0.25) is 4.79 Å². The number of aromatic amines is 1. The Kier molecular flexibility index (Phi) is 3.50. The first-order valence-electron chi connectivity index (χ1n) is 7.12. The Balaban J connectivity index is 2.18. The topological polar surface area (TPSA) is 53.1 Å². The number of fused-ring (bicyclic) bond motifs is 3. The monoisotopic (exact) mass is 289 g/mol. The molecule has 1 aromatic carbocycles. The lowest BCUT2D eigenvalue weighted by Crippen LogP contribution is -2.31. The average Bonchev–Trinajstić information content (AvgIpc) is 2.79. The molecule has 3 nitrogen and oxygen atoms in total. The van der Waals surface area contributed by atoms with Gasteiger partial charge in [0.25, 0.3) is 0 Å². The van der Waals surface area contributed by atoms with Crippen LogP contribution in [0, 0.1) is 0 Å². The molecule has 106 valence electrons. The zero-order valence-corrected chi connectivity index (χ0v) is 12.4. The van der Waals surface area contributed by atoms with Crippen molar-refractivity contribution < 1.29 is 9.90 Å². The zero-order chi connectivity index (χ0) is 14.2. The van der Waals surface area contributed by atoms with Gasteiger partial charge >= 0.3 is 5.97 Å². The number of benzene rings is 1. The van der Waals surface area contributed by atoms with E-state index >= 15 is 0 Å². The number of para-hydroxylation sites is 1. The minimum absolute atomic E-state index is 0.200. The van der Waals surface area contributed by atoms with E-state index in [2.05, 4.69) is 30.1 Å². The van der Waals surface area contributed by atoms with Gasteiger partial charge in [-0.1, -0.05) is 31.5 Å². The molecule has 1 aromatic heterocycles. The predicted octanol–water partition coefficient (Wildman–Crippen LogP) is 3.93. The van der Waals surface area contributed by atoms with Crippen molar-refractivity contribution in [1.82, 2.24) is 4.98 Å². The molecule has 0 fully saturated rings. The molecule has 4 heteroatoms. The molecule has 2 N–H and O–H groups in total. The summed E-state index contributed by atoms with van der Waals surface area (Å²) in [5.41, 5.74) is 3.61. The molecule has 0 saturated heterocycles. The first-order chi connectivity index (χ1) is 9.66. The van der Waals surface area contributed by atoms with Gasteiger partial charge in [0.15, 0.2) is 0 Å². The Morgan fingerprint density at radius 2 is 2.25 bits per heavy atom. The molecule has 0 amide bonds. The minimum Gasteiger partial charge on any atom is -0.481 e. The Morgan fingerprint density at radius 1 is 1.45 bits per heavy atom. The van der Waals surface area contributed by atoms with Crippen molar-refractivity contribution in [1.29, 1.82) is 0 Å². The second-order valence-electron chi connectivity index (χ2n) is 5.44. The van der Waals surface area contributed by atoms with Crippen LogP contribution in [0.15, 0.2) is 24.3 Å². The average molecular weight is 289 g/mol. The van der Waals surface area contributed by atoms with Crippen molar-refractivity contribution in [2.24, 2.45) is 0 Å². The number of rotatable bonds is 4. The molecular formula is C16H19NO2S. The van der Waals surface area contributed by atoms with Crippen LogP contribution < -0.4 is 0 Å². The minimum atomic E-state index is -0.711. The number of H-pyrrole nitrogens is 1. The Morgan fingerprint density at radius 3 is 3.00 bits per heavy atom. The van der Waals surface area contributed by atoms with E-state index in [9.17, 15) is 9.90 Å². The zero-order valence-electron chi connectivity index (χ0n) is 11.6. The molecule has 2 heterocycles. The predicted molar refractivity (Wildman–Crippen MR) is 83.3 cm³/mol. The van der Waals surface area contributed by atoms with Crippen LogP contribution in [0.25, 0.3) is 10.9 Å². The summed E-state index contributed by atoms with van der Waals surface area (Å²) in [6, 6.07) is 8.29. The lowest BCUT2D eigenvalue weighted by Gasteiger charge is -2.35. The van der Waals surface area contributed by atoms with Gasteiger partial charge in [-0.2, -0.15) is 0 Å². The third kappa shape index (κ3) is 2.12. The highest BCUT2D eigenvalue weighted by Gasteiger charge is 2.40. The van der Waals surface area contributed by atoms with Crippen LogP contribution in [0.1, 0.15) is 37.4 Å². The largest absolute Gasteiger partial charge is 0.481 e. The van der Waals surface area contributed by atoms with Crippen LogP contribution in [-0.4, -0.2) is 21.8 Å². The van der Waals surface area contributed by atoms with Gasteiger partial charge in [-0.15, -0.1) is 11.8 Å². The van der Waals surface area contributed by atoms with Crippen molar-refractivity contribution in [2.45, 2.75) is 37.4 Å². The third-order valence-electron chi connectivity index (χ3n) is 4.09. The molecular weight excluding hydrogens is 270 g/mol. The molecule has 2 aromatic rings. The molecule has 0 spiro atoms. The van der Waals surface area contributed by atoms with E-state index in [1.54, 1.807) is 0 Å². The summed E-state index contributed by atoms with van der Waals surface area (Å²) in [6.07, 6.45) is 3.12. The summed E-state index contributed by atoms with van der Waals surface area (Å²) in [5.74, 6) is 0.291. The molecule has 1 aliphatic rings. The number of aryl methyl sites for hydroxylation is 1. The number of hydrogen-bond donors (Lipinski definition) is 2. The van der Waals surface area contributed by atoms with E-state index < -0.39 is 5.97 Å². The summed E-state index contributed by atoms with van der Waals surface area (Å²) in [7, 11) is 0. The van der Waals surface area contributed by atoms with E-state index in [1.807, 2.05) is 17.8 Å². The van der Waals surface area contributed by atoms with Gasteiger partial charge in [-0.25, -0.2) is 0 Å². The van der Waals surface area contributed by atoms with Gasteiger partial charge in [0.2, 0.25) is 0 Å². The second kappa shape index (κ2) is 5.17. The first-order valence-corrected chi connectivity index (χ1v) is 8.10. The Bertz CT molecular complexity index is 649. The van der Waals surface area contributed by atoms with Crippen molar-refractivity contribution in [2.75, 3.05) is 5.75 Å². The molecule has 1 unspecified atom stereocenters. The van der Waals surface area contributed by atoms with Crippen molar-refractivity contribution in [3.8, 4) is 0 Å². The maximum atomic E-state index is 11.3. The van der Waals surface area contributed by atoms with Gasteiger partial charge in [0, 0.05) is 16.6 Å². The van der Waals surface area contributed by atoms with E-state index in [0.29, 0.717) is 0 Å². The summed E-state index contributed by atoms with van der Waals surface area (Å²) < 4.78 is -0.285. The molecule has 3 rings (SSSR count). The van der Waals surface area contributed by atoms with Crippen LogP contribution in [0.2, 0.25) is 0 Å². The number of carbonyl (C=O) groups is 1. The van der Waals surface area contributed by atoms with Crippen molar-refractivity contribution in [3.05, 3.63) is 35.5 Å². The highest BCUT2D eigenvalue weighted by molar-refractivity contribution is 8.00. The van der Waals surface area contributed by atoms with Crippen molar-refractivity contribution in [3.63, 3.8) is 0 Å². The van der Waals surface area contributed by atoms with Gasteiger partial charge in [0.1, 0.15) is 0 Å². The lowest BCUT2D eigenvalue weighted by molar-refractivity contribution is -0.137. The smallest absolute Gasteiger partial charge is 0.305 e. The summed E-state index contributed by atoms with van der Waals surface area (Å²) in [5, 5.41) is 10.6. The Hall–Kier alpha value is -1.42. The number of aliphatic carboxylic acids is 1. The number of nitrogens with one attached hydrogen (secondary N) is 1. The van der Waals surface area contributed by atoms with Gasteiger partial charge in [-0.05, 0) is 30.2 Å². The number of hydrogen-bond acceptors (Lipinski definition) is 2. The van der Waals surface area contributed by atoms with Gasteiger partial charge in [0.05, 0.1) is 11.2 Å². The third-order valence-corrected chi connectivity index (χ3v) is 5.60. The molecule has 0 radical (unpaired) electrons. The quantitative estimate of drug-likeness (QED) is 0.896. The highest BCUT2D eigenvalue weighted by atomic mass is 32.2. The fourth-order valence-electron chi connectivity index (χ4n) is 3.34. The normalized spacial score (nSPS) is 21.9. The number of carboxylic acid groups (broad SMARTS) is 1. The molecule has 0 bridgehead atoms. The van der Waals surface area contributed by atoms with Gasteiger partial charge < -0.3 is 10.1 Å². The lowest BCUT2D eigenvalue weighted by atomic mass is 9.90. The standard InChI is InChI=1S/C16H19NO2S/c1-2-8-16(10-14(18)19)15-12(7-9-20-16)11-5-3-4-6-13(11)17-15/h3-6,17H,2,7-10H2,1H3,(H,18,19). The van der Waals surface area contributed by atoms with Crippen LogP contribution in [-0.2, 0) is 16.0 Å². The second-order valence-corrected chi connectivity index (χ2v) is 6.92. The van der Waals surface area contributed by atoms with Crippen molar-refractivity contribution >= 4 is 28.6 Å². The summed E-state index contributed by atoms with van der Waals surface area (Å²) in [6.45, 7) is 2.13. The van der Waals surface area contributed by atoms with Crippen LogP contribution in [0.4, 0.5) is 0 Å². The van der Waals surface area contributed by atoms with E-state index in [1.165, 1.54) is 10.9 Å². The highest BCUT2D eigenvalue weighted by Crippen LogP contribution is 2.49. The number of thioether (sulfide) groups is 1. The Labute approximate surface area is 122 Å². The van der Waals surface area contributed by atoms with E-state index in [0.717, 1.165) is 36.2 Å². The number of aromatic nitrogens is 1. The number of carboxylic acids is 1. The van der Waals surface area contributed by atoms with Crippen LogP contribution >= 0.6 is 11.8 Å². The fourth-order valence-corrected chi connectivity index (χ4v) is 4.93. The molecule has 0 saturated carbocycles. The molecule has 1 atom stereocenters. The van der Waals surface area contributed by atoms with E-state index in [-0.39, 0.29) is 11.2 Å². The van der Waals surface area contributed by atoms with Crippen LogP contribution in [0.5, 0.6) is 0 Å². The maximum absolute atomic E-state index is 11.3.